The Labute approximate surface area is 167 Å². The van der Waals surface area contributed by atoms with E-state index in [0.717, 1.165) is 11.1 Å². The highest BCUT2D eigenvalue weighted by atomic mass is 35.5. The Morgan fingerprint density at radius 3 is 2.56 bits per heavy atom. The number of ether oxygens (including phenoxy) is 1. The van der Waals surface area contributed by atoms with Gasteiger partial charge >= 0.3 is 0 Å². The first-order valence-electron chi connectivity index (χ1n) is 8.44. The van der Waals surface area contributed by atoms with Crippen molar-refractivity contribution in [2.24, 2.45) is 7.05 Å². The van der Waals surface area contributed by atoms with Crippen molar-refractivity contribution in [3.63, 3.8) is 0 Å². The Kier molecular flexibility index (Phi) is 6.19. The maximum atomic E-state index is 12.4. The number of Topliss-reactive ketones (excluding diaryl/α,β-unsaturated/α-hetero) is 1. The van der Waals surface area contributed by atoms with Gasteiger partial charge in [0, 0.05) is 17.6 Å². The lowest BCUT2D eigenvalue weighted by Gasteiger charge is -2.07. The van der Waals surface area contributed by atoms with E-state index in [1.165, 1.54) is 17.3 Å². The molecule has 3 aromatic rings. The van der Waals surface area contributed by atoms with Gasteiger partial charge in [-0.3, -0.25) is 4.79 Å². The predicted molar refractivity (Wildman–Crippen MR) is 108 cm³/mol. The molecule has 0 bridgehead atoms. The van der Waals surface area contributed by atoms with Crippen LogP contribution >= 0.6 is 23.4 Å². The van der Waals surface area contributed by atoms with Gasteiger partial charge in [0.15, 0.2) is 16.8 Å². The Balaban J connectivity index is 1.59. The molecule has 2 aromatic carbocycles. The van der Waals surface area contributed by atoms with Crippen molar-refractivity contribution in [2.45, 2.75) is 25.6 Å². The van der Waals surface area contributed by atoms with Crippen LogP contribution in [-0.4, -0.2) is 26.3 Å². The molecule has 140 valence electrons. The summed E-state index contributed by atoms with van der Waals surface area (Å²) in [6.07, 6.45) is 0. The smallest absolute Gasteiger partial charge is 0.191 e. The largest absolute Gasteiger partial charge is 0.486 e. The third kappa shape index (κ3) is 4.90. The molecule has 0 saturated heterocycles. The van der Waals surface area contributed by atoms with Gasteiger partial charge in [-0.05, 0) is 55.3 Å². The number of aromatic nitrogens is 3. The number of ketones is 1. The average Bonchev–Trinajstić information content (AvgIpc) is 3.01. The molecule has 0 amide bonds. The van der Waals surface area contributed by atoms with Gasteiger partial charge in [-0.1, -0.05) is 35.5 Å². The van der Waals surface area contributed by atoms with Crippen LogP contribution < -0.4 is 4.74 Å². The maximum absolute atomic E-state index is 12.4. The summed E-state index contributed by atoms with van der Waals surface area (Å²) in [4.78, 5) is 12.4. The van der Waals surface area contributed by atoms with Crippen molar-refractivity contribution >= 4 is 29.1 Å². The van der Waals surface area contributed by atoms with Crippen LogP contribution in [0.3, 0.4) is 0 Å². The topological polar surface area (TPSA) is 57.0 Å². The van der Waals surface area contributed by atoms with Crippen LogP contribution in [0.1, 0.15) is 27.3 Å². The van der Waals surface area contributed by atoms with Crippen molar-refractivity contribution in [2.75, 3.05) is 5.75 Å². The SMILES string of the molecule is Cc1ccc(C(=O)CSc2nnc(COc3ccc(Cl)cc3)n2C)cc1C. The van der Waals surface area contributed by atoms with Crippen LogP contribution in [0.5, 0.6) is 5.75 Å². The molecule has 1 heterocycles. The van der Waals surface area contributed by atoms with E-state index in [2.05, 4.69) is 10.2 Å². The summed E-state index contributed by atoms with van der Waals surface area (Å²) in [6, 6.07) is 12.9. The lowest BCUT2D eigenvalue weighted by atomic mass is 10.0. The number of rotatable bonds is 7. The third-order valence-electron chi connectivity index (χ3n) is 4.27. The lowest BCUT2D eigenvalue weighted by Crippen LogP contribution is -2.06. The van der Waals surface area contributed by atoms with E-state index in [9.17, 15) is 4.79 Å². The van der Waals surface area contributed by atoms with E-state index in [4.69, 9.17) is 16.3 Å². The quantitative estimate of drug-likeness (QED) is 0.426. The Morgan fingerprint density at radius 1 is 1.11 bits per heavy atom. The average molecular weight is 402 g/mol. The summed E-state index contributed by atoms with van der Waals surface area (Å²) in [6.45, 7) is 4.33. The zero-order valence-electron chi connectivity index (χ0n) is 15.4. The van der Waals surface area contributed by atoms with Gasteiger partial charge in [0.2, 0.25) is 0 Å². The number of halogens is 1. The van der Waals surface area contributed by atoms with E-state index in [-0.39, 0.29) is 12.4 Å². The molecule has 0 spiro atoms. The molecule has 0 atom stereocenters. The van der Waals surface area contributed by atoms with Crippen molar-refractivity contribution in [3.8, 4) is 5.75 Å². The predicted octanol–water partition coefficient (Wildman–Crippen LogP) is 4.64. The zero-order chi connectivity index (χ0) is 19.4. The first-order chi connectivity index (χ1) is 12.9. The van der Waals surface area contributed by atoms with Crippen LogP contribution in [0.2, 0.25) is 5.02 Å². The summed E-state index contributed by atoms with van der Waals surface area (Å²) >= 11 is 7.24. The van der Waals surface area contributed by atoms with E-state index < -0.39 is 0 Å². The van der Waals surface area contributed by atoms with Crippen LogP contribution in [0.4, 0.5) is 0 Å². The Bertz CT molecular complexity index is 954. The number of carbonyl (C=O) groups is 1. The summed E-state index contributed by atoms with van der Waals surface area (Å²) in [5.41, 5.74) is 3.02. The summed E-state index contributed by atoms with van der Waals surface area (Å²) in [7, 11) is 1.86. The molecule has 0 saturated carbocycles. The lowest BCUT2D eigenvalue weighted by molar-refractivity contribution is 0.102. The molecule has 0 radical (unpaired) electrons. The number of hydrogen-bond donors (Lipinski definition) is 0. The maximum Gasteiger partial charge on any atom is 0.191 e. The molecular formula is C20H20ClN3O2S. The normalized spacial score (nSPS) is 10.8. The van der Waals surface area contributed by atoms with Gasteiger partial charge in [-0.2, -0.15) is 0 Å². The minimum Gasteiger partial charge on any atom is -0.486 e. The molecule has 0 N–H and O–H groups in total. The highest BCUT2D eigenvalue weighted by Crippen LogP contribution is 2.20. The minimum absolute atomic E-state index is 0.0741. The molecule has 27 heavy (non-hydrogen) atoms. The van der Waals surface area contributed by atoms with E-state index >= 15 is 0 Å². The molecule has 1 aromatic heterocycles. The second-order valence-corrected chi connectivity index (χ2v) is 7.59. The summed E-state index contributed by atoms with van der Waals surface area (Å²) in [5.74, 6) is 1.78. The highest BCUT2D eigenvalue weighted by Gasteiger charge is 2.13. The van der Waals surface area contributed by atoms with Gasteiger partial charge in [0.05, 0.1) is 5.75 Å². The van der Waals surface area contributed by atoms with Crippen molar-refractivity contribution in [1.29, 1.82) is 0 Å². The second-order valence-electron chi connectivity index (χ2n) is 6.21. The van der Waals surface area contributed by atoms with E-state index in [0.29, 0.717) is 27.5 Å². The number of nitrogens with zero attached hydrogens (tertiary/aromatic N) is 3. The van der Waals surface area contributed by atoms with Crippen LogP contribution in [0.25, 0.3) is 0 Å². The molecule has 0 aliphatic rings. The van der Waals surface area contributed by atoms with Crippen molar-refractivity contribution < 1.29 is 9.53 Å². The Hall–Kier alpha value is -2.31. The second kappa shape index (κ2) is 8.59. The monoisotopic (exact) mass is 401 g/mol. The molecule has 0 unspecified atom stereocenters. The highest BCUT2D eigenvalue weighted by molar-refractivity contribution is 7.99. The van der Waals surface area contributed by atoms with E-state index in [1.54, 1.807) is 24.3 Å². The first kappa shape index (κ1) is 19.5. The van der Waals surface area contributed by atoms with Crippen LogP contribution in [0.15, 0.2) is 47.6 Å². The molecule has 3 rings (SSSR count). The number of benzene rings is 2. The van der Waals surface area contributed by atoms with Gasteiger partial charge in [-0.15, -0.1) is 10.2 Å². The number of aryl methyl sites for hydroxylation is 2. The third-order valence-corrected chi connectivity index (χ3v) is 5.54. The number of hydrogen-bond acceptors (Lipinski definition) is 5. The molecule has 0 aliphatic heterocycles. The minimum atomic E-state index is 0.0741. The van der Waals surface area contributed by atoms with Gasteiger partial charge in [-0.25, -0.2) is 0 Å². The fraction of sp³-hybridized carbons (Fsp3) is 0.250. The van der Waals surface area contributed by atoms with E-state index in [1.807, 2.05) is 43.7 Å². The standard InChI is InChI=1S/C20H20ClN3O2S/c1-13-4-5-15(10-14(13)2)18(25)12-27-20-23-22-19(24(20)3)11-26-17-8-6-16(21)7-9-17/h4-10H,11-12H2,1-3H3. The molecule has 0 aliphatic carbocycles. The molecule has 0 fully saturated rings. The summed E-state index contributed by atoms with van der Waals surface area (Å²) in [5, 5.41) is 9.66. The number of thioether (sulfide) groups is 1. The first-order valence-corrected chi connectivity index (χ1v) is 9.80. The fourth-order valence-electron chi connectivity index (χ4n) is 2.40. The van der Waals surface area contributed by atoms with Crippen molar-refractivity contribution in [1.82, 2.24) is 14.8 Å². The van der Waals surface area contributed by atoms with Crippen LogP contribution in [-0.2, 0) is 13.7 Å². The van der Waals surface area contributed by atoms with Gasteiger partial charge in [0.25, 0.3) is 0 Å². The zero-order valence-corrected chi connectivity index (χ0v) is 17.0. The van der Waals surface area contributed by atoms with Crippen LogP contribution in [0, 0.1) is 13.8 Å². The van der Waals surface area contributed by atoms with Crippen molar-refractivity contribution in [3.05, 3.63) is 70.0 Å². The number of carbonyl (C=O) groups excluding carboxylic acids is 1. The molecular weight excluding hydrogens is 382 g/mol. The Morgan fingerprint density at radius 2 is 1.85 bits per heavy atom. The van der Waals surface area contributed by atoms with Gasteiger partial charge < -0.3 is 9.30 Å². The fourth-order valence-corrected chi connectivity index (χ4v) is 3.35. The molecule has 7 heteroatoms. The van der Waals surface area contributed by atoms with Gasteiger partial charge in [0.1, 0.15) is 12.4 Å². The molecule has 5 nitrogen and oxygen atoms in total. The summed E-state index contributed by atoms with van der Waals surface area (Å²) < 4.78 is 7.54.